The third-order valence-electron chi connectivity index (χ3n) is 4.45. The summed E-state index contributed by atoms with van der Waals surface area (Å²) in [6.07, 6.45) is 2.10. The molecule has 1 N–H and O–H groups in total. The van der Waals surface area contributed by atoms with Crippen molar-refractivity contribution in [1.82, 2.24) is 4.90 Å². The number of likely N-dealkylation sites (tertiary alicyclic amines) is 1. The van der Waals surface area contributed by atoms with Crippen LogP contribution in [-0.2, 0) is 4.79 Å². The van der Waals surface area contributed by atoms with Gasteiger partial charge in [-0.05, 0) is 55.2 Å². The third-order valence-corrected chi connectivity index (χ3v) is 4.69. The maximum absolute atomic E-state index is 12.6. The summed E-state index contributed by atoms with van der Waals surface area (Å²) in [6, 6.07) is 10.6. The van der Waals surface area contributed by atoms with Crippen molar-refractivity contribution >= 4 is 23.5 Å². The lowest BCUT2D eigenvalue weighted by Crippen LogP contribution is -2.28. The monoisotopic (exact) mass is 373 g/mol. The van der Waals surface area contributed by atoms with Crippen molar-refractivity contribution < 1.29 is 19.4 Å². The van der Waals surface area contributed by atoms with Crippen LogP contribution in [0.5, 0.6) is 5.75 Å². The highest BCUT2D eigenvalue weighted by Crippen LogP contribution is 2.34. The molecule has 0 atom stereocenters. The van der Waals surface area contributed by atoms with Crippen molar-refractivity contribution in [2.45, 2.75) is 19.8 Å². The van der Waals surface area contributed by atoms with Crippen molar-refractivity contribution in [1.29, 1.82) is 0 Å². The van der Waals surface area contributed by atoms with E-state index in [1.807, 2.05) is 30.0 Å². The van der Waals surface area contributed by atoms with E-state index in [2.05, 4.69) is 0 Å². The van der Waals surface area contributed by atoms with Gasteiger partial charge in [0, 0.05) is 29.2 Å². The quantitative estimate of drug-likeness (QED) is 0.859. The van der Waals surface area contributed by atoms with Gasteiger partial charge >= 0.3 is 5.97 Å². The lowest BCUT2D eigenvalue weighted by molar-refractivity contribution is -0.139. The van der Waals surface area contributed by atoms with Gasteiger partial charge in [0.25, 0.3) is 5.91 Å². The molecule has 0 aliphatic carbocycles. The Morgan fingerprint density at radius 3 is 2.54 bits per heavy atom. The van der Waals surface area contributed by atoms with Crippen LogP contribution in [0.3, 0.4) is 0 Å². The molecule has 1 amide bonds. The van der Waals surface area contributed by atoms with Crippen LogP contribution in [0.4, 0.5) is 0 Å². The maximum atomic E-state index is 12.6. The Balaban J connectivity index is 1.92. The number of carboxylic acids is 1. The number of carboxylic acid groups (broad SMARTS) is 1. The van der Waals surface area contributed by atoms with Crippen LogP contribution in [0.2, 0.25) is 5.02 Å². The number of halogens is 1. The van der Waals surface area contributed by atoms with Crippen molar-refractivity contribution in [3.63, 3.8) is 0 Å². The molecule has 0 spiro atoms. The topological polar surface area (TPSA) is 66.8 Å². The highest BCUT2D eigenvalue weighted by molar-refractivity contribution is 6.31. The molecule has 1 saturated heterocycles. The van der Waals surface area contributed by atoms with Gasteiger partial charge in [-0.1, -0.05) is 23.7 Å². The van der Waals surface area contributed by atoms with Gasteiger partial charge in [-0.15, -0.1) is 0 Å². The molecule has 3 rings (SSSR count). The van der Waals surface area contributed by atoms with Gasteiger partial charge in [-0.25, -0.2) is 4.79 Å². The molecule has 0 aromatic heterocycles. The van der Waals surface area contributed by atoms with E-state index in [1.165, 1.54) is 0 Å². The Kier molecular flexibility index (Phi) is 5.47. The molecule has 1 heterocycles. The molecule has 5 nitrogen and oxygen atoms in total. The lowest BCUT2D eigenvalue weighted by Gasteiger charge is -2.18. The predicted octanol–water partition coefficient (Wildman–Crippen LogP) is 4.01. The Labute approximate surface area is 157 Å². The number of amides is 1. The summed E-state index contributed by atoms with van der Waals surface area (Å²) in [6.45, 7) is 3.08. The number of rotatable bonds is 5. The minimum atomic E-state index is -1.05. The van der Waals surface area contributed by atoms with Gasteiger partial charge in [-0.2, -0.15) is 0 Å². The average molecular weight is 374 g/mol. The lowest BCUT2D eigenvalue weighted by atomic mass is 9.98. The second-order valence-electron chi connectivity index (χ2n) is 6.35. The molecule has 0 saturated carbocycles. The predicted molar refractivity (Wildman–Crippen MR) is 99.9 cm³/mol. The molecule has 0 unspecified atom stereocenters. The first kappa shape index (κ1) is 18.3. The van der Waals surface area contributed by atoms with Crippen LogP contribution in [0.15, 0.2) is 36.4 Å². The number of benzene rings is 2. The normalized spacial score (nSPS) is 13.7. The first-order chi connectivity index (χ1) is 12.5. The van der Waals surface area contributed by atoms with E-state index in [9.17, 15) is 9.59 Å². The summed E-state index contributed by atoms with van der Waals surface area (Å²) < 4.78 is 5.37. The fourth-order valence-corrected chi connectivity index (χ4v) is 3.33. The smallest absolute Gasteiger partial charge is 0.341 e. The Morgan fingerprint density at radius 2 is 1.88 bits per heavy atom. The standard InChI is InChI=1S/C20H20ClNO4/c1-13-10-14(4-6-16(13)20(25)22-8-2-3-9-22)17-11-15(21)5-7-18(17)26-12-19(23)24/h4-7,10-11H,2-3,8-9,12H2,1H3,(H,23,24). The summed E-state index contributed by atoms with van der Waals surface area (Å²) in [5.41, 5.74) is 3.07. The minimum Gasteiger partial charge on any atom is -0.481 e. The Morgan fingerprint density at radius 1 is 1.15 bits per heavy atom. The first-order valence-corrected chi connectivity index (χ1v) is 8.88. The van der Waals surface area contributed by atoms with Crippen molar-refractivity contribution in [2.24, 2.45) is 0 Å². The fraction of sp³-hybridized carbons (Fsp3) is 0.300. The van der Waals surface area contributed by atoms with E-state index in [4.69, 9.17) is 21.4 Å². The van der Waals surface area contributed by atoms with Gasteiger partial charge in [0.2, 0.25) is 0 Å². The highest BCUT2D eigenvalue weighted by atomic mass is 35.5. The largest absolute Gasteiger partial charge is 0.481 e. The van der Waals surface area contributed by atoms with E-state index in [0.29, 0.717) is 21.9 Å². The van der Waals surface area contributed by atoms with Crippen LogP contribution < -0.4 is 4.74 Å². The zero-order valence-corrected chi connectivity index (χ0v) is 15.3. The van der Waals surface area contributed by atoms with Crippen molar-refractivity contribution in [3.8, 4) is 16.9 Å². The van der Waals surface area contributed by atoms with E-state index in [1.54, 1.807) is 18.2 Å². The summed E-state index contributed by atoms with van der Waals surface area (Å²) in [7, 11) is 0. The number of carbonyl (C=O) groups excluding carboxylic acids is 1. The molecular weight excluding hydrogens is 354 g/mol. The number of aryl methyl sites for hydroxylation is 1. The molecular formula is C20H20ClNO4. The van der Waals surface area contributed by atoms with Crippen LogP contribution >= 0.6 is 11.6 Å². The molecule has 0 radical (unpaired) electrons. The van der Waals surface area contributed by atoms with Crippen molar-refractivity contribution in [2.75, 3.05) is 19.7 Å². The summed E-state index contributed by atoms with van der Waals surface area (Å²) in [5.74, 6) is -0.552. The van der Waals surface area contributed by atoms with Gasteiger partial charge in [-0.3, -0.25) is 4.79 Å². The average Bonchev–Trinajstić information content (AvgIpc) is 3.14. The SMILES string of the molecule is Cc1cc(-c2cc(Cl)ccc2OCC(=O)O)ccc1C(=O)N1CCCC1. The van der Waals surface area contributed by atoms with Crippen LogP contribution in [-0.4, -0.2) is 41.6 Å². The zero-order chi connectivity index (χ0) is 18.7. The van der Waals surface area contributed by atoms with Crippen LogP contribution in [0, 0.1) is 6.92 Å². The molecule has 1 fully saturated rings. The first-order valence-electron chi connectivity index (χ1n) is 8.50. The number of ether oxygens (including phenoxy) is 1. The van der Waals surface area contributed by atoms with Crippen LogP contribution in [0.1, 0.15) is 28.8 Å². The van der Waals surface area contributed by atoms with Crippen molar-refractivity contribution in [3.05, 3.63) is 52.5 Å². The Bertz CT molecular complexity index is 844. The molecule has 136 valence electrons. The van der Waals surface area contributed by atoms with Gasteiger partial charge in [0.1, 0.15) is 5.75 Å². The third kappa shape index (κ3) is 3.99. The second kappa shape index (κ2) is 7.79. The van der Waals surface area contributed by atoms with Gasteiger partial charge in [0.15, 0.2) is 6.61 Å². The second-order valence-corrected chi connectivity index (χ2v) is 6.79. The number of carbonyl (C=O) groups is 2. The summed E-state index contributed by atoms with van der Waals surface area (Å²) in [4.78, 5) is 25.3. The highest BCUT2D eigenvalue weighted by Gasteiger charge is 2.21. The molecule has 6 heteroatoms. The molecule has 2 aromatic carbocycles. The molecule has 26 heavy (non-hydrogen) atoms. The molecule has 1 aliphatic rings. The van der Waals surface area contributed by atoms with Gasteiger partial charge in [0.05, 0.1) is 0 Å². The molecule has 0 bridgehead atoms. The summed E-state index contributed by atoms with van der Waals surface area (Å²) in [5, 5.41) is 9.37. The molecule has 1 aliphatic heterocycles. The number of hydrogen-bond acceptors (Lipinski definition) is 3. The van der Waals surface area contributed by atoms with E-state index >= 15 is 0 Å². The van der Waals surface area contributed by atoms with E-state index < -0.39 is 12.6 Å². The van der Waals surface area contributed by atoms with E-state index in [-0.39, 0.29) is 5.91 Å². The minimum absolute atomic E-state index is 0.0556. The summed E-state index contributed by atoms with van der Waals surface area (Å²) >= 11 is 6.10. The molecule has 2 aromatic rings. The number of aliphatic carboxylic acids is 1. The number of nitrogens with zero attached hydrogens (tertiary/aromatic N) is 1. The fourth-order valence-electron chi connectivity index (χ4n) is 3.15. The van der Waals surface area contributed by atoms with E-state index in [0.717, 1.165) is 37.1 Å². The van der Waals surface area contributed by atoms with Crippen LogP contribution in [0.25, 0.3) is 11.1 Å². The zero-order valence-electron chi connectivity index (χ0n) is 14.5. The van der Waals surface area contributed by atoms with Gasteiger partial charge < -0.3 is 14.7 Å². The number of hydrogen-bond donors (Lipinski definition) is 1. The Hall–Kier alpha value is -2.53. The maximum Gasteiger partial charge on any atom is 0.341 e.